The van der Waals surface area contributed by atoms with Crippen molar-refractivity contribution in [2.24, 2.45) is 0 Å². The van der Waals surface area contributed by atoms with Crippen LogP contribution in [0.1, 0.15) is 56.7 Å². The number of nitrogens with one attached hydrogen (secondary N) is 1. The highest BCUT2D eigenvalue weighted by Gasteiger charge is 2.32. The Bertz CT molecular complexity index is 1120. The monoisotopic (exact) mass is 429 g/mol. The Balaban J connectivity index is 1.79. The van der Waals surface area contributed by atoms with Gasteiger partial charge >= 0.3 is 11.6 Å². The molecule has 0 radical (unpaired) electrons. The summed E-state index contributed by atoms with van der Waals surface area (Å²) in [6.45, 7) is 5.01. The molecule has 0 fully saturated rings. The van der Waals surface area contributed by atoms with Gasteiger partial charge in [-0.15, -0.1) is 0 Å². The molecule has 1 aliphatic carbocycles. The quantitative estimate of drug-likeness (QED) is 0.702. The molecule has 8 nitrogen and oxygen atoms in total. The fourth-order valence-electron chi connectivity index (χ4n) is 4.32. The Labute approximate surface area is 179 Å². The standard InChI is InChI=1S/C23H27NO7/c1-12(21(26)27)24-18(25)11-29-17-10-16-15(8-9-23(2,3)31-16)20-19(17)13-6-4-5-7-14(13)22(28)30-20/h10,12H,4-9,11H2,1-3H3,(H,24,25)(H,26,27). The van der Waals surface area contributed by atoms with E-state index in [9.17, 15) is 14.4 Å². The van der Waals surface area contributed by atoms with E-state index in [1.54, 1.807) is 6.07 Å². The molecular weight excluding hydrogens is 402 g/mol. The lowest BCUT2D eigenvalue weighted by molar-refractivity contribution is -0.141. The minimum absolute atomic E-state index is 0.320. The summed E-state index contributed by atoms with van der Waals surface area (Å²) >= 11 is 0. The second kappa shape index (κ2) is 7.90. The van der Waals surface area contributed by atoms with Crippen molar-refractivity contribution in [3.05, 3.63) is 33.2 Å². The molecule has 1 atom stereocenters. The fraction of sp³-hybridized carbons (Fsp3) is 0.522. The van der Waals surface area contributed by atoms with Crippen molar-refractivity contribution in [3.8, 4) is 11.5 Å². The number of ether oxygens (including phenoxy) is 2. The van der Waals surface area contributed by atoms with E-state index in [0.29, 0.717) is 35.5 Å². The van der Waals surface area contributed by atoms with E-state index in [0.717, 1.165) is 42.2 Å². The third-order valence-corrected chi connectivity index (χ3v) is 5.99. The lowest BCUT2D eigenvalue weighted by Gasteiger charge is -2.33. The number of carbonyl (C=O) groups excluding carboxylic acids is 1. The molecular formula is C23H27NO7. The molecule has 0 bridgehead atoms. The number of carboxylic acid groups (broad SMARTS) is 1. The highest BCUT2D eigenvalue weighted by Crippen LogP contribution is 2.44. The van der Waals surface area contributed by atoms with Crippen molar-refractivity contribution < 1.29 is 28.6 Å². The van der Waals surface area contributed by atoms with E-state index in [1.807, 2.05) is 13.8 Å². The van der Waals surface area contributed by atoms with Crippen molar-refractivity contribution in [3.63, 3.8) is 0 Å². The first-order valence-corrected chi connectivity index (χ1v) is 10.6. The van der Waals surface area contributed by atoms with E-state index in [-0.39, 0.29) is 17.8 Å². The maximum Gasteiger partial charge on any atom is 0.339 e. The Morgan fingerprint density at radius 3 is 2.61 bits per heavy atom. The Kier molecular flexibility index (Phi) is 5.41. The molecule has 0 saturated heterocycles. The minimum Gasteiger partial charge on any atom is -0.487 e. The van der Waals surface area contributed by atoms with Gasteiger partial charge < -0.3 is 24.3 Å². The van der Waals surface area contributed by atoms with Gasteiger partial charge in [-0.05, 0) is 64.9 Å². The van der Waals surface area contributed by atoms with Crippen LogP contribution in [0.4, 0.5) is 0 Å². The van der Waals surface area contributed by atoms with Gasteiger partial charge in [-0.2, -0.15) is 0 Å². The van der Waals surface area contributed by atoms with Gasteiger partial charge in [-0.1, -0.05) is 0 Å². The zero-order valence-corrected chi connectivity index (χ0v) is 18.0. The Morgan fingerprint density at radius 1 is 1.19 bits per heavy atom. The summed E-state index contributed by atoms with van der Waals surface area (Å²) in [5.41, 5.74) is 2.20. The van der Waals surface area contributed by atoms with E-state index in [1.165, 1.54) is 6.92 Å². The minimum atomic E-state index is -1.13. The third kappa shape index (κ3) is 4.11. The number of aryl methyl sites for hydroxylation is 2. The van der Waals surface area contributed by atoms with Gasteiger partial charge in [0.2, 0.25) is 0 Å². The number of rotatable bonds is 5. The van der Waals surface area contributed by atoms with Crippen LogP contribution in [0.5, 0.6) is 11.5 Å². The first-order chi connectivity index (χ1) is 14.7. The summed E-state index contributed by atoms with van der Waals surface area (Å²) in [6, 6.07) is 0.743. The van der Waals surface area contributed by atoms with Crippen LogP contribution >= 0.6 is 0 Å². The van der Waals surface area contributed by atoms with Gasteiger partial charge in [0.15, 0.2) is 6.61 Å². The average Bonchev–Trinajstić information content (AvgIpc) is 2.71. The summed E-state index contributed by atoms with van der Waals surface area (Å²) < 4.78 is 17.8. The summed E-state index contributed by atoms with van der Waals surface area (Å²) in [6.07, 6.45) is 4.77. The third-order valence-electron chi connectivity index (χ3n) is 5.99. The van der Waals surface area contributed by atoms with Crippen LogP contribution in [0, 0.1) is 0 Å². The molecule has 1 amide bonds. The number of carbonyl (C=O) groups is 2. The van der Waals surface area contributed by atoms with Gasteiger partial charge in [0.25, 0.3) is 5.91 Å². The van der Waals surface area contributed by atoms with Crippen molar-refractivity contribution >= 4 is 22.8 Å². The van der Waals surface area contributed by atoms with Gasteiger partial charge in [-0.3, -0.25) is 9.59 Å². The van der Waals surface area contributed by atoms with Crippen LogP contribution in [0.25, 0.3) is 11.0 Å². The average molecular weight is 429 g/mol. The molecule has 2 aromatic rings. The summed E-state index contributed by atoms with van der Waals surface area (Å²) in [5, 5.41) is 12.1. The van der Waals surface area contributed by atoms with Gasteiger partial charge in [0, 0.05) is 17.2 Å². The normalized spacial score (nSPS) is 17.8. The van der Waals surface area contributed by atoms with Crippen molar-refractivity contribution in [2.45, 2.75) is 70.9 Å². The molecule has 2 N–H and O–H groups in total. The number of fused-ring (bicyclic) bond motifs is 5. The van der Waals surface area contributed by atoms with Crippen LogP contribution in [-0.4, -0.2) is 35.2 Å². The first kappa shape index (κ1) is 21.2. The highest BCUT2D eigenvalue weighted by atomic mass is 16.5. The van der Waals surface area contributed by atoms with Crippen LogP contribution in [0.2, 0.25) is 0 Å². The topological polar surface area (TPSA) is 115 Å². The van der Waals surface area contributed by atoms with E-state index in [2.05, 4.69) is 5.32 Å². The zero-order chi connectivity index (χ0) is 22.3. The predicted molar refractivity (Wildman–Crippen MR) is 113 cm³/mol. The summed E-state index contributed by atoms with van der Waals surface area (Å²) in [5.74, 6) is -0.684. The smallest absolute Gasteiger partial charge is 0.339 e. The van der Waals surface area contributed by atoms with Crippen LogP contribution < -0.4 is 20.4 Å². The molecule has 4 rings (SSSR count). The molecule has 31 heavy (non-hydrogen) atoms. The maximum atomic E-state index is 12.7. The molecule has 166 valence electrons. The van der Waals surface area contributed by atoms with Crippen LogP contribution in [0.3, 0.4) is 0 Å². The predicted octanol–water partition coefficient (Wildman–Crippen LogP) is 2.74. The summed E-state index contributed by atoms with van der Waals surface area (Å²) in [4.78, 5) is 35.9. The number of benzene rings is 1. The lowest BCUT2D eigenvalue weighted by Crippen LogP contribution is -2.40. The van der Waals surface area contributed by atoms with Crippen molar-refractivity contribution in [2.75, 3.05) is 6.61 Å². The fourth-order valence-corrected chi connectivity index (χ4v) is 4.32. The van der Waals surface area contributed by atoms with Crippen LogP contribution in [0.15, 0.2) is 15.3 Å². The van der Waals surface area contributed by atoms with Crippen molar-refractivity contribution in [1.29, 1.82) is 0 Å². The molecule has 2 heterocycles. The number of aliphatic carboxylic acids is 1. The van der Waals surface area contributed by atoms with Crippen LogP contribution in [-0.2, 0) is 28.9 Å². The number of carboxylic acids is 1. The maximum absolute atomic E-state index is 12.7. The SMILES string of the molecule is CC(NC(=O)COc1cc2c(c3oc(=O)c4c(c13)CCCC4)CCC(C)(C)O2)C(=O)O. The molecule has 1 aromatic carbocycles. The second-order valence-corrected chi connectivity index (χ2v) is 8.89. The molecule has 0 saturated carbocycles. The van der Waals surface area contributed by atoms with Gasteiger partial charge in [0.05, 0.1) is 5.39 Å². The second-order valence-electron chi connectivity index (χ2n) is 8.89. The lowest BCUT2D eigenvalue weighted by atomic mass is 9.87. The highest BCUT2D eigenvalue weighted by molar-refractivity contribution is 5.93. The van der Waals surface area contributed by atoms with E-state index >= 15 is 0 Å². The van der Waals surface area contributed by atoms with E-state index < -0.39 is 17.9 Å². The Morgan fingerprint density at radius 2 is 1.90 bits per heavy atom. The summed E-state index contributed by atoms with van der Waals surface area (Å²) in [7, 11) is 0. The van der Waals surface area contributed by atoms with Crippen molar-refractivity contribution in [1.82, 2.24) is 5.32 Å². The number of hydrogen-bond donors (Lipinski definition) is 2. The zero-order valence-electron chi connectivity index (χ0n) is 18.0. The van der Waals surface area contributed by atoms with Gasteiger partial charge in [0.1, 0.15) is 28.7 Å². The largest absolute Gasteiger partial charge is 0.487 e. The first-order valence-electron chi connectivity index (χ1n) is 10.6. The Hall–Kier alpha value is -3.03. The molecule has 8 heteroatoms. The molecule has 2 aliphatic rings. The molecule has 1 aliphatic heterocycles. The van der Waals surface area contributed by atoms with Gasteiger partial charge in [-0.25, -0.2) is 4.79 Å². The number of hydrogen-bond acceptors (Lipinski definition) is 6. The number of amides is 1. The molecule has 1 aromatic heterocycles. The van der Waals surface area contributed by atoms with E-state index in [4.69, 9.17) is 19.0 Å². The molecule has 0 spiro atoms. The molecule has 1 unspecified atom stereocenters.